The van der Waals surface area contributed by atoms with Gasteiger partial charge in [-0.3, -0.25) is 0 Å². The van der Waals surface area contributed by atoms with E-state index in [0.29, 0.717) is 12.5 Å². The highest BCUT2D eigenvalue weighted by molar-refractivity contribution is 7.09. The van der Waals surface area contributed by atoms with Crippen molar-refractivity contribution in [3.05, 3.63) is 16.1 Å². The van der Waals surface area contributed by atoms with Gasteiger partial charge in [0.15, 0.2) is 0 Å². The number of hydrogen-bond donors (Lipinski definition) is 0. The molecule has 16 heavy (non-hydrogen) atoms. The minimum absolute atomic E-state index is 0.457. The molecule has 1 aromatic rings. The molecule has 88 valence electrons. The lowest BCUT2D eigenvalue weighted by Gasteiger charge is -2.21. The largest absolute Gasteiger partial charge is 0.303 e. The lowest BCUT2D eigenvalue weighted by molar-refractivity contribution is -0.107. The van der Waals surface area contributed by atoms with E-state index in [2.05, 4.69) is 16.8 Å². The van der Waals surface area contributed by atoms with Crippen molar-refractivity contribution in [3.63, 3.8) is 0 Å². The predicted molar refractivity (Wildman–Crippen MR) is 65.9 cm³/mol. The number of nitrogens with zero attached hydrogens (tertiary/aromatic N) is 2. The smallest absolute Gasteiger partial charge is 0.125 e. The van der Waals surface area contributed by atoms with Crippen molar-refractivity contribution >= 4 is 17.6 Å². The molecule has 1 aliphatic heterocycles. The Morgan fingerprint density at radius 1 is 1.69 bits per heavy atom. The number of likely N-dealkylation sites (tertiary alicyclic amines) is 1. The van der Waals surface area contributed by atoms with E-state index in [4.69, 9.17) is 0 Å². The maximum absolute atomic E-state index is 10.4. The average Bonchev–Trinajstić information content (AvgIpc) is 2.89. The summed E-state index contributed by atoms with van der Waals surface area (Å²) in [6, 6.07) is 0.667. The fourth-order valence-corrected chi connectivity index (χ4v) is 3.25. The fourth-order valence-electron chi connectivity index (χ4n) is 2.37. The second-order valence-corrected chi connectivity index (χ2v) is 5.17. The topological polar surface area (TPSA) is 33.2 Å². The Kier molecular flexibility index (Phi) is 4.07. The molecule has 2 heterocycles. The number of thiazole rings is 1. The molecule has 0 spiro atoms. The summed E-state index contributed by atoms with van der Waals surface area (Å²) in [7, 11) is 0. The molecule has 1 atom stereocenters. The third-order valence-corrected chi connectivity index (χ3v) is 4.13. The summed E-state index contributed by atoms with van der Waals surface area (Å²) in [6.07, 6.45) is 5.03. The van der Waals surface area contributed by atoms with Gasteiger partial charge in [-0.25, -0.2) is 4.98 Å². The van der Waals surface area contributed by atoms with E-state index >= 15 is 0 Å². The van der Waals surface area contributed by atoms with Gasteiger partial charge < -0.3 is 9.69 Å². The van der Waals surface area contributed by atoms with Gasteiger partial charge in [-0.1, -0.05) is 6.92 Å². The molecule has 0 saturated carbocycles. The standard InChI is InChI=1S/C12H18N2OS/c1-2-14-6-3-4-11(14)8-12-13-10(5-7-15)9-16-12/h7,9,11H,2-6,8H2,1H3. The van der Waals surface area contributed by atoms with Crippen LogP contribution in [0.5, 0.6) is 0 Å². The highest BCUT2D eigenvalue weighted by atomic mass is 32.1. The number of hydrogen-bond acceptors (Lipinski definition) is 4. The Morgan fingerprint density at radius 2 is 2.56 bits per heavy atom. The summed E-state index contributed by atoms with van der Waals surface area (Å²) < 4.78 is 0. The van der Waals surface area contributed by atoms with Gasteiger partial charge in [-0.05, 0) is 25.9 Å². The molecule has 1 saturated heterocycles. The van der Waals surface area contributed by atoms with Gasteiger partial charge in [0.25, 0.3) is 0 Å². The molecule has 1 fully saturated rings. The molecule has 3 nitrogen and oxygen atoms in total. The molecular weight excluding hydrogens is 220 g/mol. The SMILES string of the molecule is CCN1CCCC1Cc1nc(CC=O)cs1. The van der Waals surface area contributed by atoms with Crippen LogP contribution in [0, 0.1) is 0 Å². The Bertz CT molecular complexity index is 351. The summed E-state index contributed by atoms with van der Waals surface area (Å²) in [4.78, 5) is 17.4. The summed E-state index contributed by atoms with van der Waals surface area (Å²) in [6.45, 7) is 4.59. The lowest BCUT2D eigenvalue weighted by atomic mass is 10.1. The van der Waals surface area contributed by atoms with E-state index < -0.39 is 0 Å². The van der Waals surface area contributed by atoms with Crippen LogP contribution < -0.4 is 0 Å². The van der Waals surface area contributed by atoms with Crippen LogP contribution in [0.4, 0.5) is 0 Å². The number of aldehydes is 1. The van der Waals surface area contributed by atoms with Gasteiger partial charge in [0.1, 0.15) is 6.29 Å². The molecule has 2 rings (SSSR count). The predicted octanol–water partition coefficient (Wildman–Crippen LogP) is 1.91. The van der Waals surface area contributed by atoms with Crippen molar-refractivity contribution in [2.45, 2.75) is 38.6 Å². The summed E-state index contributed by atoms with van der Waals surface area (Å²) in [5, 5.41) is 3.19. The van der Waals surface area contributed by atoms with Gasteiger partial charge in [-0.15, -0.1) is 11.3 Å². The van der Waals surface area contributed by atoms with Crippen molar-refractivity contribution in [1.82, 2.24) is 9.88 Å². The van der Waals surface area contributed by atoms with Gasteiger partial charge in [-0.2, -0.15) is 0 Å². The molecule has 0 radical (unpaired) electrons. The minimum atomic E-state index is 0.457. The average molecular weight is 238 g/mol. The first-order chi connectivity index (χ1) is 7.83. The van der Waals surface area contributed by atoms with Crippen molar-refractivity contribution in [1.29, 1.82) is 0 Å². The fraction of sp³-hybridized carbons (Fsp3) is 0.667. The van der Waals surface area contributed by atoms with Crippen molar-refractivity contribution in [2.24, 2.45) is 0 Å². The highest BCUT2D eigenvalue weighted by Crippen LogP contribution is 2.22. The highest BCUT2D eigenvalue weighted by Gasteiger charge is 2.23. The first-order valence-electron chi connectivity index (χ1n) is 5.94. The maximum atomic E-state index is 10.4. The number of aromatic nitrogens is 1. The summed E-state index contributed by atoms with van der Waals surface area (Å²) >= 11 is 1.69. The molecule has 0 bridgehead atoms. The van der Waals surface area contributed by atoms with E-state index in [1.165, 1.54) is 24.4 Å². The quantitative estimate of drug-likeness (QED) is 0.735. The molecule has 1 aliphatic rings. The second-order valence-electron chi connectivity index (χ2n) is 4.23. The molecule has 4 heteroatoms. The van der Waals surface area contributed by atoms with E-state index in [-0.39, 0.29) is 0 Å². The van der Waals surface area contributed by atoms with Crippen LogP contribution in [-0.2, 0) is 17.6 Å². The van der Waals surface area contributed by atoms with Crippen molar-refractivity contribution in [2.75, 3.05) is 13.1 Å². The number of carbonyl (C=O) groups excluding carboxylic acids is 1. The Labute approximate surface area is 100 Å². The molecule has 0 N–H and O–H groups in total. The van der Waals surface area contributed by atoms with Gasteiger partial charge >= 0.3 is 0 Å². The molecule has 1 aromatic heterocycles. The maximum Gasteiger partial charge on any atom is 0.125 e. The van der Waals surface area contributed by atoms with E-state index in [0.717, 1.165) is 24.9 Å². The number of carbonyl (C=O) groups is 1. The molecular formula is C12H18N2OS. The summed E-state index contributed by atoms with van der Waals surface area (Å²) in [5.74, 6) is 0. The van der Waals surface area contributed by atoms with E-state index in [1.54, 1.807) is 11.3 Å². The normalized spacial score (nSPS) is 21.4. The van der Waals surface area contributed by atoms with Gasteiger partial charge in [0.2, 0.25) is 0 Å². The molecule has 1 unspecified atom stereocenters. The number of likely N-dealkylation sites (N-methyl/N-ethyl adjacent to an activating group) is 1. The zero-order valence-corrected chi connectivity index (χ0v) is 10.5. The minimum Gasteiger partial charge on any atom is -0.303 e. The zero-order valence-electron chi connectivity index (χ0n) is 9.69. The van der Waals surface area contributed by atoms with E-state index in [1.807, 2.05) is 5.38 Å². The molecule has 0 aliphatic carbocycles. The Morgan fingerprint density at radius 3 is 3.31 bits per heavy atom. The third-order valence-electron chi connectivity index (χ3n) is 3.21. The second kappa shape index (κ2) is 5.55. The first kappa shape index (κ1) is 11.7. The van der Waals surface area contributed by atoms with Crippen LogP contribution in [0.1, 0.15) is 30.5 Å². The van der Waals surface area contributed by atoms with Gasteiger partial charge in [0, 0.05) is 24.3 Å². The lowest BCUT2D eigenvalue weighted by Crippen LogP contribution is -2.30. The summed E-state index contributed by atoms with van der Waals surface area (Å²) in [5.41, 5.74) is 0.927. The van der Waals surface area contributed by atoms with Crippen LogP contribution in [0.2, 0.25) is 0 Å². The van der Waals surface area contributed by atoms with Crippen molar-refractivity contribution < 1.29 is 4.79 Å². The van der Waals surface area contributed by atoms with E-state index in [9.17, 15) is 4.79 Å². The van der Waals surface area contributed by atoms with Crippen LogP contribution in [0.25, 0.3) is 0 Å². The Balaban J connectivity index is 1.94. The first-order valence-corrected chi connectivity index (χ1v) is 6.82. The van der Waals surface area contributed by atoms with Crippen LogP contribution in [0.15, 0.2) is 5.38 Å². The van der Waals surface area contributed by atoms with Crippen LogP contribution in [0.3, 0.4) is 0 Å². The van der Waals surface area contributed by atoms with Crippen LogP contribution in [-0.4, -0.2) is 35.3 Å². The monoisotopic (exact) mass is 238 g/mol. The molecule has 0 aromatic carbocycles. The third kappa shape index (κ3) is 2.68. The zero-order chi connectivity index (χ0) is 11.4. The van der Waals surface area contributed by atoms with Crippen LogP contribution >= 0.6 is 11.3 Å². The van der Waals surface area contributed by atoms with Gasteiger partial charge in [0.05, 0.1) is 10.7 Å². The Hall–Kier alpha value is -0.740. The number of rotatable bonds is 5. The molecule has 0 amide bonds. The van der Waals surface area contributed by atoms with Crippen molar-refractivity contribution in [3.8, 4) is 0 Å².